The van der Waals surface area contributed by atoms with Crippen molar-refractivity contribution in [1.82, 2.24) is 4.90 Å². The Hall–Kier alpha value is -1.18. The van der Waals surface area contributed by atoms with Crippen molar-refractivity contribution in [3.05, 3.63) is 35.9 Å². The van der Waals surface area contributed by atoms with Gasteiger partial charge in [0.15, 0.2) is 0 Å². The lowest BCUT2D eigenvalue weighted by molar-refractivity contribution is -0.159. The number of carboxylic acids is 2. The first-order valence-electron chi connectivity index (χ1n) is 10.5. The molecule has 2 N–H and O–H groups in total. The number of carboxylic acid groups (broad SMARTS) is 2. The second kappa shape index (κ2) is 10.7. The topological polar surface area (TPSA) is 77.8 Å². The average Bonchev–Trinajstić information content (AvgIpc) is 3.34. The molecule has 3 aliphatic rings. The van der Waals surface area contributed by atoms with E-state index in [9.17, 15) is 0 Å². The standard InChI is InChI=1S/C20H29NS2.C2H2O4/c1-2-6-17(7-3-1)14-18-8-12-21(13-9-18)15-19-16-22-20(23-19)10-4-5-11-20;3-1(4)2(5)6/h1-3,6-7,18-19H,4-5,8-16H2;(H,3,4)(H,5,6). The summed E-state index contributed by atoms with van der Waals surface area (Å²) in [6.07, 6.45) is 9.95. The third-order valence-electron chi connectivity index (χ3n) is 6.00. The van der Waals surface area contributed by atoms with Crippen LogP contribution in [0.2, 0.25) is 0 Å². The zero-order chi connectivity index (χ0) is 20.7. The summed E-state index contributed by atoms with van der Waals surface area (Å²) in [7, 11) is 0. The average molecular weight is 438 g/mol. The minimum atomic E-state index is -1.82. The van der Waals surface area contributed by atoms with Gasteiger partial charge in [-0.25, -0.2) is 9.59 Å². The van der Waals surface area contributed by atoms with E-state index in [1.807, 2.05) is 0 Å². The van der Waals surface area contributed by atoms with E-state index in [1.54, 1.807) is 0 Å². The van der Waals surface area contributed by atoms with Gasteiger partial charge in [-0.2, -0.15) is 0 Å². The van der Waals surface area contributed by atoms with Gasteiger partial charge >= 0.3 is 11.9 Å². The predicted octanol–water partition coefficient (Wildman–Crippen LogP) is 4.22. The van der Waals surface area contributed by atoms with Gasteiger partial charge in [0.1, 0.15) is 0 Å². The molecule has 5 nitrogen and oxygen atoms in total. The lowest BCUT2D eigenvalue weighted by atomic mass is 9.90. The molecule has 0 bridgehead atoms. The third kappa shape index (κ3) is 6.93. The molecule has 7 heteroatoms. The Labute approximate surface area is 181 Å². The fraction of sp³-hybridized carbons (Fsp3) is 0.636. The van der Waals surface area contributed by atoms with Gasteiger partial charge < -0.3 is 15.1 Å². The fourth-order valence-electron chi connectivity index (χ4n) is 4.49. The van der Waals surface area contributed by atoms with Crippen LogP contribution in [0.1, 0.15) is 44.1 Å². The van der Waals surface area contributed by atoms with Crippen molar-refractivity contribution in [3.63, 3.8) is 0 Å². The summed E-state index contributed by atoms with van der Waals surface area (Å²) >= 11 is 4.63. The Morgan fingerprint density at radius 2 is 1.66 bits per heavy atom. The van der Waals surface area contributed by atoms with Crippen LogP contribution in [0.5, 0.6) is 0 Å². The van der Waals surface area contributed by atoms with Gasteiger partial charge in [-0.1, -0.05) is 43.2 Å². The van der Waals surface area contributed by atoms with Crippen molar-refractivity contribution < 1.29 is 19.8 Å². The van der Waals surface area contributed by atoms with E-state index in [0.29, 0.717) is 4.08 Å². The summed E-state index contributed by atoms with van der Waals surface area (Å²) in [6.45, 7) is 4.00. The maximum atomic E-state index is 9.10. The SMILES string of the molecule is O=C(O)C(=O)O.c1ccc(CC2CCN(CC3CSC4(CCCC4)S3)CC2)cc1. The maximum absolute atomic E-state index is 9.10. The van der Waals surface area contributed by atoms with Crippen LogP contribution >= 0.6 is 23.5 Å². The Kier molecular flexibility index (Phi) is 8.33. The van der Waals surface area contributed by atoms with Crippen LogP contribution in [0.15, 0.2) is 30.3 Å². The normalized spacial score (nSPS) is 24.2. The molecule has 4 rings (SSSR count). The van der Waals surface area contributed by atoms with E-state index >= 15 is 0 Å². The van der Waals surface area contributed by atoms with E-state index in [-0.39, 0.29) is 0 Å². The van der Waals surface area contributed by atoms with Crippen LogP contribution in [0.3, 0.4) is 0 Å². The van der Waals surface area contributed by atoms with Crippen LogP contribution in [-0.4, -0.2) is 61.8 Å². The Bertz CT molecular complexity index is 659. The summed E-state index contributed by atoms with van der Waals surface area (Å²) in [5.74, 6) is -1.35. The van der Waals surface area contributed by atoms with Gasteiger partial charge in [-0.3, -0.25) is 0 Å². The monoisotopic (exact) mass is 437 g/mol. The molecule has 0 amide bonds. The first-order chi connectivity index (χ1) is 14.0. The Morgan fingerprint density at radius 1 is 1.03 bits per heavy atom. The molecule has 0 radical (unpaired) electrons. The van der Waals surface area contributed by atoms with E-state index in [0.717, 1.165) is 11.2 Å². The zero-order valence-electron chi connectivity index (χ0n) is 16.8. The number of piperidine rings is 1. The number of aliphatic carboxylic acids is 2. The van der Waals surface area contributed by atoms with Gasteiger partial charge in [-0.05, 0) is 56.7 Å². The molecular weight excluding hydrogens is 406 g/mol. The third-order valence-corrected chi connectivity index (χ3v) is 9.84. The van der Waals surface area contributed by atoms with Crippen LogP contribution in [0.4, 0.5) is 0 Å². The predicted molar refractivity (Wildman–Crippen MR) is 120 cm³/mol. The van der Waals surface area contributed by atoms with E-state index in [2.05, 4.69) is 58.8 Å². The van der Waals surface area contributed by atoms with Crippen LogP contribution in [0, 0.1) is 5.92 Å². The van der Waals surface area contributed by atoms with E-state index < -0.39 is 11.9 Å². The van der Waals surface area contributed by atoms with E-state index in [1.165, 1.54) is 75.9 Å². The van der Waals surface area contributed by atoms with E-state index in [4.69, 9.17) is 19.8 Å². The fourth-order valence-corrected chi connectivity index (χ4v) is 8.44. The quantitative estimate of drug-likeness (QED) is 0.683. The number of benzene rings is 1. The summed E-state index contributed by atoms with van der Waals surface area (Å²) < 4.78 is 0.635. The van der Waals surface area contributed by atoms with Crippen molar-refractivity contribution in [2.24, 2.45) is 5.92 Å². The lowest BCUT2D eigenvalue weighted by Crippen LogP contribution is -2.38. The lowest BCUT2D eigenvalue weighted by Gasteiger charge is -2.33. The molecule has 160 valence electrons. The van der Waals surface area contributed by atoms with Gasteiger partial charge in [0.25, 0.3) is 0 Å². The number of nitrogens with zero attached hydrogens (tertiary/aromatic N) is 1. The molecule has 1 aliphatic carbocycles. The molecule has 2 aliphatic heterocycles. The first kappa shape index (κ1) is 22.5. The second-order valence-corrected chi connectivity index (χ2v) is 11.6. The summed E-state index contributed by atoms with van der Waals surface area (Å²) in [5, 5.41) is 15.7. The van der Waals surface area contributed by atoms with Gasteiger partial charge in [0, 0.05) is 17.5 Å². The smallest absolute Gasteiger partial charge is 0.414 e. The molecule has 1 aromatic carbocycles. The highest BCUT2D eigenvalue weighted by atomic mass is 32.2. The molecule has 29 heavy (non-hydrogen) atoms. The van der Waals surface area contributed by atoms with Crippen molar-refractivity contribution in [1.29, 1.82) is 0 Å². The zero-order valence-corrected chi connectivity index (χ0v) is 18.4. The van der Waals surface area contributed by atoms with Crippen molar-refractivity contribution >= 4 is 35.5 Å². The largest absolute Gasteiger partial charge is 0.473 e. The summed E-state index contributed by atoms with van der Waals surface area (Å²) in [5.41, 5.74) is 1.52. The summed E-state index contributed by atoms with van der Waals surface area (Å²) in [4.78, 5) is 21.0. The van der Waals surface area contributed by atoms with Crippen molar-refractivity contribution in [2.45, 2.75) is 54.3 Å². The van der Waals surface area contributed by atoms with Crippen LogP contribution < -0.4 is 0 Å². The molecule has 1 saturated carbocycles. The molecular formula is C22H31NO4S2. The number of carbonyl (C=O) groups is 2. The minimum Gasteiger partial charge on any atom is -0.473 e. The number of rotatable bonds is 4. The molecule has 3 fully saturated rings. The molecule has 2 heterocycles. The molecule has 0 aromatic heterocycles. The van der Waals surface area contributed by atoms with Crippen molar-refractivity contribution in [2.75, 3.05) is 25.4 Å². The number of hydrogen-bond acceptors (Lipinski definition) is 5. The number of likely N-dealkylation sites (tertiary alicyclic amines) is 1. The second-order valence-electron chi connectivity index (χ2n) is 8.21. The molecule has 1 unspecified atom stereocenters. The Balaban J connectivity index is 0.000000353. The number of thioether (sulfide) groups is 2. The molecule has 2 saturated heterocycles. The molecule has 1 spiro atoms. The summed E-state index contributed by atoms with van der Waals surface area (Å²) in [6, 6.07) is 11.1. The highest BCUT2D eigenvalue weighted by molar-refractivity contribution is 8.21. The molecule has 1 atom stereocenters. The Morgan fingerprint density at radius 3 is 2.24 bits per heavy atom. The minimum absolute atomic E-state index is 0.635. The van der Waals surface area contributed by atoms with Crippen LogP contribution in [0.25, 0.3) is 0 Å². The maximum Gasteiger partial charge on any atom is 0.414 e. The van der Waals surface area contributed by atoms with Crippen molar-refractivity contribution in [3.8, 4) is 0 Å². The number of hydrogen-bond donors (Lipinski definition) is 2. The highest BCUT2D eigenvalue weighted by Crippen LogP contribution is 2.57. The van der Waals surface area contributed by atoms with Gasteiger partial charge in [0.2, 0.25) is 0 Å². The van der Waals surface area contributed by atoms with Gasteiger partial charge in [-0.15, -0.1) is 23.5 Å². The van der Waals surface area contributed by atoms with Crippen LogP contribution in [-0.2, 0) is 16.0 Å². The molecule has 1 aromatic rings. The highest BCUT2D eigenvalue weighted by Gasteiger charge is 2.43. The van der Waals surface area contributed by atoms with Gasteiger partial charge in [0.05, 0.1) is 4.08 Å². The first-order valence-corrected chi connectivity index (χ1v) is 12.4.